The first kappa shape index (κ1) is 24.6. The average molecular weight is 505 g/mol. The van der Waals surface area contributed by atoms with E-state index in [1.54, 1.807) is 12.1 Å². The number of halogens is 2. The van der Waals surface area contributed by atoms with Crippen LogP contribution in [0.4, 0.5) is 4.39 Å². The minimum Gasteiger partial charge on any atom is -0.369 e. The summed E-state index contributed by atoms with van der Waals surface area (Å²) in [7, 11) is 0. The van der Waals surface area contributed by atoms with E-state index in [-0.39, 0.29) is 41.6 Å². The third-order valence-corrected chi connectivity index (χ3v) is 4.86. The number of nitrogens with two attached hydrogens (primary N) is 1. The molecule has 1 saturated heterocycles. The summed E-state index contributed by atoms with van der Waals surface area (Å²) in [5, 5.41) is 6.58. The second-order valence-corrected chi connectivity index (χ2v) is 6.97. The maximum Gasteiger partial charge on any atom is 0.220 e. The normalized spacial score (nSPS) is 15.7. The molecule has 8 heteroatoms. The molecule has 4 N–H and O–H groups in total. The van der Waals surface area contributed by atoms with Crippen molar-refractivity contribution < 1.29 is 9.18 Å². The minimum absolute atomic E-state index is 0. The van der Waals surface area contributed by atoms with Gasteiger partial charge >= 0.3 is 0 Å². The zero-order valence-electron chi connectivity index (χ0n) is 16.6. The summed E-state index contributed by atoms with van der Waals surface area (Å²) in [5.74, 6) is 0.452. The van der Waals surface area contributed by atoms with E-state index in [1.807, 2.05) is 6.92 Å². The number of benzene rings is 1. The molecule has 0 saturated carbocycles. The molecule has 158 valence electrons. The van der Waals surface area contributed by atoms with Crippen LogP contribution in [0, 0.1) is 11.7 Å². The summed E-state index contributed by atoms with van der Waals surface area (Å²) in [5.41, 5.74) is 6.35. The van der Waals surface area contributed by atoms with E-state index in [0.29, 0.717) is 6.54 Å². The average Bonchev–Trinajstić information content (AvgIpc) is 2.67. The van der Waals surface area contributed by atoms with Gasteiger partial charge in [0, 0.05) is 19.0 Å². The maximum absolute atomic E-state index is 12.9. The third-order valence-electron chi connectivity index (χ3n) is 4.86. The predicted octanol–water partition coefficient (Wildman–Crippen LogP) is 2.48. The van der Waals surface area contributed by atoms with Crippen LogP contribution in [-0.4, -0.2) is 49.5 Å². The number of piperidine rings is 1. The number of likely N-dealkylation sites (tertiary alicyclic amines) is 1. The lowest BCUT2D eigenvalue weighted by atomic mass is 9.96. The van der Waals surface area contributed by atoms with Crippen LogP contribution in [0.25, 0.3) is 0 Å². The summed E-state index contributed by atoms with van der Waals surface area (Å²) in [4.78, 5) is 18.2. The standard InChI is InChI=1S/C20H32FN5O.HI/c1-2-23-20(25-15-16-5-7-18(21)8-6-16)24-11-3-4-12-26-13-9-17(10-14-26)19(22)27;/h5-8,17H,2-4,9-15H2,1H3,(H2,22,27)(H2,23,24,25);1H. The highest BCUT2D eigenvalue weighted by atomic mass is 127. The minimum atomic E-state index is -0.230. The van der Waals surface area contributed by atoms with Crippen LogP contribution in [0.3, 0.4) is 0 Å². The summed E-state index contributed by atoms with van der Waals surface area (Å²) in [6.45, 7) is 7.17. The number of nitrogens with zero attached hydrogens (tertiary/aromatic N) is 2. The molecule has 0 spiro atoms. The Morgan fingerprint density at radius 2 is 1.89 bits per heavy atom. The van der Waals surface area contributed by atoms with E-state index in [0.717, 1.165) is 69.9 Å². The smallest absolute Gasteiger partial charge is 0.220 e. The van der Waals surface area contributed by atoms with Crippen LogP contribution in [-0.2, 0) is 11.3 Å². The fourth-order valence-electron chi connectivity index (χ4n) is 3.21. The molecule has 0 radical (unpaired) electrons. The molecule has 6 nitrogen and oxygen atoms in total. The molecule has 1 aromatic rings. The first-order valence-corrected chi connectivity index (χ1v) is 9.86. The number of unbranched alkanes of at least 4 members (excludes halogenated alkanes) is 1. The molecule has 0 aromatic heterocycles. The van der Waals surface area contributed by atoms with E-state index in [9.17, 15) is 9.18 Å². The van der Waals surface area contributed by atoms with Crippen molar-refractivity contribution in [1.29, 1.82) is 0 Å². The zero-order valence-corrected chi connectivity index (χ0v) is 19.0. The van der Waals surface area contributed by atoms with E-state index < -0.39 is 0 Å². The second kappa shape index (κ2) is 13.7. The van der Waals surface area contributed by atoms with Gasteiger partial charge in [-0.2, -0.15) is 0 Å². The molecular weight excluding hydrogens is 472 g/mol. The SMILES string of the molecule is CCNC(=NCc1ccc(F)cc1)NCCCCN1CCC(C(N)=O)CC1.I. The molecule has 0 aliphatic carbocycles. The summed E-state index contributed by atoms with van der Waals surface area (Å²) in [6.07, 6.45) is 3.92. The molecule has 28 heavy (non-hydrogen) atoms. The molecule has 1 heterocycles. The maximum atomic E-state index is 12.9. The number of hydrogen-bond donors (Lipinski definition) is 3. The van der Waals surface area contributed by atoms with Gasteiger partial charge in [-0.1, -0.05) is 12.1 Å². The molecule has 0 unspecified atom stereocenters. The van der Waals surface area contributed by atoms with Gasteiger partial charge in [0.25, 0.3) is 0 Å². The van der Waals surface area contributed by atoms with Gasteiger partial charge in [-0.25, -0.2) is 9.38 Å². The third kappa shape index (κ3) is 9.18. The van der Waals surface area contributed by atoms with Gasteiger partial charge in [-0.05, 0) is 69.9 Å². The molecule has 1 aromatic carbocycles. The highest BCUT2D eigenvalue weighted by Crippen LogP contribution is 2.16. The lowest BCUT2D eigenvalue weighted by Gasteiger charge is -2.30. The topological polar surface area (TPSA) is 82.8 Å². The van der Waals surface area contributed by atoms with Crippen LogP contribution >= 0.6 is 24.0 Å². The lowest BCUT2D eigenvalue weighted by molar-refractivity contribution is -0.123. The van der Waals surface area contributed by atoms with Crippen molar-refractivity contribution in [3.63, 3.8) is 0 Å². The Bertz CT molecular complexity index is 603. The Morgan fingerprint density at radius 3 is 2.50 bits per heavy atom. The second-order valence-electron chi connectivity index (χ2n) is 6.97. The highest BCUT2D eigenvalue weighted by Gasteiger charge is 2.22. The van der Waals surface area contributed by atoms with Gasteiger partial charge in [0.05, 0.1) is 6.54 Å². The van der Waals surface area contributed by atoms with Crippen LogP contribution in [0.15, 0.2) is 29.3 Å². The van der Waals surface area contributed by atoms with Crippen molar-refractivity contribution in [2.24, 2.45) is 16.6 Å². The Balaban J connectivity index is 0.00000392. The van der Waals surface area contributed by atoms with Crippen molar-refractivity contribution in [3.8, 4) is 0 Å². The molecule has 0 bridgehead atoms. The summed E-state index contributed by atoms with van der Waals surface area (Å²) < 4.78 is 12.9. The number of guanidine groups is 1. The van der Waals surface area contributed by atoms with Gasteiger partial charge < -0.3 is 21.3 Å². The predicted molar refractivity (Wildman–Crippen MR) is 122 cm³/mol. The molecule has 1 fully saturated rings. The van der Waals surface area contributed by atoms with Gasteiger partial charge in [-0.3, -0.25) is 4.79 Å². The van der Waals surface area contributed by atoms with Crippen molar-refractivity contribution >= 4 is 35.8 Å². The van der Waals surface area contributed by atoms with E-state index in [1.165, 1.54) is 12.1 Å². The highest BCUT2D eigenvalue weighted by molar-refractivity contribution is 14.0. The number of primary amides is 1. The monoisotopic (exact) mass is 505 g/mol. The van der Waals surface area contributed by atoms with Crippen LogP contribution in [0.1, 0.15) is 38.2 Å². The Morgan fingerprint density at radius 1 is 1.21 bits per heavy atom. The first-order chi connectivity index (χ1) is 13.1. The van der Waals surface area contributed by atoms with Gasteiger partial charge in [0.1, 0.15) is 5.82 Å². The number of amides is 1. The number of rotatable bonds is 9. The van der Waals surface area contributed by atoms with Crippen molar-refractivity contribution in [2.75, 3.05) is 32.7 Å². The quantitative estimate of drug-likeness (QED) is 0.209. The number of carbonyl (C=O) groups excluding carboxylic acids is 1. The number of hydrogen-bond acceptors (Lipinski definition) is 3. The van der Waals surface area contributed by atoms with E-state index in [4.69, 9.17) is 5.73 Å². The fourth-order valence-corrected chi connectivity index (χ4v) is 3.21. The number of nitrogens with one attached hydrogen (secondary N) is 2. The van der Waals surface area contributed by atoms with Crippen LogP contribution < -0.4 is 16.4 Å². The Kier molecular flexibility index (Phi) is 12.1. The molecular formula is C20H33FIN5O. The number of carbonyl (C=O) groups is 1. The first-order valence-electron chi connectivity index (χ1n) is 9.86. The molecule has 2 rings (SSSR count). The Labute approximate surface area is 184 Å². The molecule has 1 aliphatic rings. The summed E-state index contributed by atoms with van der Waals surface area (Å²) in [6, 6.07) is 6.42. The lowest BCUT2D eigenvalue weighted by Crippen LogP contribution is -2.39. The zero-order chi connectivity index (χ0) is 19.5. The van der Waals surface area contributed by atoms with Crippen molar-refractivity contribution in [2.45, 2.75) is 39.2 Å². The summed E-state index contributed by atoms with van der Waals surface area (Å²) >= 11 is 0. The van der Waals surface area contributed by atoms with Crippen LogP contribution in [0.5, 0.6) is 0 Å². The van der Waals surface area contributed by atoms with Gasteiger partial charge in [0.15, 0.2) is 5.96 Å². The van der Waals surface area contributed by atoms with E-state index >= 15 is 0 Å². The Hall–Kier alpha value is -1.42. The largest absolute Gasteiger partial charge is 0.369 e. The number of aliphatic imine (C=N–C) groups is 1. The van der Waals surface area contributed by atoms with Crippen LogP contribution in [0.2, 0.25) is 0 Å². The van der Waals surface area contributed by atoms with E-state index in [2.05, 4.69) is 20.5 Å². The molecule has 1 aliphatic heterocycles. The van der Waals surface area contributed by atoms with Gasteiger partial charge in [-0.15, -0.1) is 24.0 Å². The van der Waals surface area contributed by atoms with Crippen molar-refractivity contribution in [3.05, 3.63) is 35.6 Å². The van der Waals surface area contributed by atoms with Crippen molar-refractivity contribution in [1.82, 2.24) is 15.5 Å². The molecule has 0 atom stereocenters. The fraction of sp³-hybridized carbons (Fsp3) is 0.600. The van der Waals surface area contributed by atoms with Gasteiger partial charge in [0.2, 0.25) is 5.91 Å². The molecule has 1 amide bonds.